The minimum absolute atomic E-state index is 0.369. The van der Waals surface area contributed by atoms with E-state index in [0.717, 1.165) is 74.6 Å². The molecule has 182 valence electrons. The Kier molecular flexibility index (Phi) is 6.86. The monoisotopic (exact) mass is 479 g/mol. The first-order valence-corrected chi connectivity index (χ1v) is 11.9. The molecule has 1 saturated heterocycles. The molecule has 1 fully saturated rings. The standard InChI is InChI=1S/C27H28F3N5/c28-27(29,30)23-8-9-24-25(17-23)34-26(33-24)22-3-1-2-21(16-22)20-6-4-19(5-7-20)18-32-12-15-35-13-10-31-11-14-35/h1-9,16-17,31-32H,10-15,18H2,(H,33,34). The van der Waals surface area contributed by atoms with E-state index in [1.165, 1.54) is 11.6 Å². The van der Waals surface area contributed by atoms with E-state index in [9.17, 15) is 13.2 Å². The van der Waals surface area contributed by atoms with E-state index in [-0.39, 0.29) is 0 Å². The molecule has 3 N–H and O–H groups in total. The van der Waals surface area contributed by atoms with Crippen molar-refractivity contribution in [1.82, 2.24) is 25.5 Å². The number of nitrogens with one attached hydrogen (secondary N) is 3. The van der Waals surface area contributed by atoms with Gasteiger partial charge in [-0.3, -0.25) is 4.90 Å². The van der Waals surface area contributed by atoms with Gasteiger partial charge in [0.05, 0.1) is 16.6 Å². The van der Waals surface area contributed by atoms with Crippen LogP contribution in [0.5, 0.6) is 0 Å². The highest BCUT2D eigenvalue weighted by Crippen LogP contribution is 2.32. The van der Waals surface area contributed by atoms with Crippen molar-refractivity contribution in [3.63, 3.8) is 0 Å². The van der Waals surface area contributed by atoms with Crippen LogP contribution in [-0.2, 0) is 12.7 Å². The summed E-state index contributed by atoms with van der Waals surface area (Å²) < 4.78 is 39.1. The molecule has 1 aliphatic rings. The predicted octanol–water partition coefficient (Wildman–Crippen LogP) is 4.91. The molecule has 35 heavy (non-hydrogen) atoms. The van der Waals surface area contributed by atoms with E-state index in [0.29, 0.717) is 16.9 Å². The zero-order chi connectivity index (χ0) is 24.3. The van der Waals surface area contributed by atoms with Crippen LogP contribution in [0.2, 0.25) is 0 Å². The number of fused-ring (bicyclic) bond motifs is 1. The maximum atomic E-state index is 13.0. The topological polar surface area (TPSA) is 56.0 Å². The molecule has 0 atom stereocenters. The van der Waals surface area contributed by atoms with Crippen LogP contribution in [-0.4, -0.2) is 54.1 Å². The molecule has 0 bridgehead atoms. The summed E-state index contributed by atoms with van der Waals surface area (Å²) in [4.78, 5) is 10.00. The number of aromatic amines is 1. The average molecular weight is 480 g/mol. The van der Waals surface area contributed by atoms with E-state index in [1.807, 2.05) is 24.3 Å². The van der Waals surface area contributed by atoms with Gasteiger partial charge >= 0.3 is 6.18 Å². The summed E-state index contributed by atoms with van der Waals surface area (Å²) in [7, 11) is 0. The van der Waals surface area contributed by atoms with Crippen molar-refractivity contribution >= 4 is 11.0 Å². The molecule has 8 heteroatoms. The zero-order valence-electron chi connectivity index (χ0n) is 19.3. The molecule has 0 aliphatic carbocycles. The number of aromatic nitrogens is 2. The molecule has 4 aromatic rings. The molecule has 0 amide bonds. The smallest absolute Gasteiger partial charge is 0.338 e. The summed E-state index contributed by atoms with van der Waals surface area (Å²) in [6, 6.07) is 19.9. The molecular formula is C27H28F3N5. The number of benzene rings is 3. The second-order valence-corrected chi connectivity index (χ2v) is 8.86. The molecule has 5 nitrogen and oxygen atoms in total. The van der Waals surface area contributed by atoms with Gasteiger partial charge in [0.15, 0.2) is 0 Å². The van der Waals surface area contributed by atoms with Crippen molar-refractivity contribution in [1.29, 1.82) is 0 Å². The zero-order valence-corrected chi connectivity index (χ0v) is 19.3. The van der Waals surface area contributed by atoms with Crippen LogP contribution in [0.3, 0.4) is 0 Å². The number of halogens is 3. The van der Waals surface area contributed by atoms with Gasteiger partial charge in [0, 0.05) is 51.4 Å². The molecule has 1 aromatic heterocycles. The molecule has 0 saturated carbocycles. The molecule has 5 rings (SSSR count). The number of hydrogen-bond acceptors (Lipinski definition) is 4. The first-order valence-electron chi connectivity index (χ1n) is 11.9. The Bertz CT molecular complexity index is 1270. The lowest BCUT2D eigenvalue weighted by molar-refractivity contribution is -0.137. The lowest BCUT2D eigenvalue weighted by Crippen LogP contribution is -2.45. The highest BCUT2D eigenvalue weighted by molar-refractivity contribution is 5.81. The maximum Gasteiger partial charge on any atom is 0.416 e. The van der Waals surface area contributed by atoms with Gasteiger partial charge in [0.2, 0.25) is 0 Å². The van der Waals surface area contributed by atoms with Gasteiger partial charge in [-0.05, 0) is 41.0 Å². The molecule has 0 spiro atoms. The van der Waals surface area contributed by atoms with E-state index in [1.54, 1.807) is 0 Å². The fourth-order valence-corrected chi connectivity index (χ4v) is 4.39. The van der Waals surface area contributed by atoms with Gasteiger partial charge < -0.3 is 15.6 Å². The number of alkyl halides is 3. The third-order valence-corrected chi connectivity index (χ3v) is 6.38. The predicted molar refractivity (Wildman–Crippen MR) is 133 cm³/mol. The number of rotatable bonds is 7. The van der Waals surface area contributed by atoms with E-state index in [4.69, 9.17) is 0 Å². The van der Waals surface area contributed by atoms with E-state index < -0.39 is 11.7 Å². The highest BCUT2D eigenvalue weighted by Gasteiger charge is 2.30. The number of hydrogen-bond donors (Lipinski definition) is 3. The van der Waals surface area contributed by atoms with Crippen LogP contribution < -0.4 is 10.6 Å². The van der Waals surface area contributed by atoms with Crippen LogP contribution in [0.25, 0.3) is 33.5 Å². The Morgan fingerprint density at radius 2 is 1.66 bits per heavy atom. The van der Waals surface area contributed by atoms with Gasteiger partial charge in [-0.25, -0.2) is 4.98 Å². The summed E-state index contributed by atoms with van der Waals surface area (Å²) in [6.07, 6.45) is -4.38. The molecule has 0 radical (unpaired) electrons. The summed E-state index contributed by atoms with van der Waals surface area (Å²) >= 11 is 0. The van der Waals surface area contributed by atoms with Gasteiger partial charge in [-0.15, -0.1) is 0 Å². The van der Waals surface area contributed by atoms with E-state index >= 15 is 0 Å². The Balaban J connectivity index is 1.24. The Hall–Kier alpha value is -3.20. The molecule has 0 unspecified atom stereocenters. The normalized spacial score (nSPS) is 15.1. The Morgan fingerprint density at radius 1 is 0.886 bits per heavy atom. The van der Waals surface area contributed by atoms with Gasteiger partial charge in [-0.1, -0.05) is 42.5 Å². The third kappa shape index (κ3) is 5.73. The second kappa shape index (κ2) is 10.2. The molecule has 3 aromatic carbocycles. The highest BCUT2D eigenvalue weighted by atomic mass is 19.4. The minimum atomic E-state index is -4.38. The quantitative estimate of drug-likeness (QED) is 0.330. The summed E-state index contributed by atoms with van der Waals surface area (Å²) in [5.41, 5.74) is 4.34. The number of H-pyrrole nitrogens is 1. The van der Waals surface area contributed by atoms with Crippen LogP contribution in [0.1, 0.15) is 11.1 Å². The lowest BCUT2D eigenvalue weighted by atomic mass is 10.0. The number of imidazole rings is 1. The first-order chi connectivity index (χ1) is 17.0. The number of piperazine rings is 1. The van der Waals surface area contributed by atoms with Crippen molar-refractivity contribution in [3.8, 4) is 22.5 Å². The SMILES string of the molecule is FC(F)(F)c1ccc2nc(-c3cccc(-c4ccc(CNCCN5CCNCC5)cc4)c3)[nH]c2c1. The largest absolute Gasteiger partial charge is 0.416 e. The first kappa shape index (κ1) is 23.5. The van der Waals surface area contributed by atoms with Crippen LogP contribution in [0, 0.1) is 0 Å². The van der Waals surface area contributed by atoms with Crippen LogP contribution in [0.4, 0.5) is 13.2 Å². The number of nitrogens with zero attached hydrogens (tertiary/aromatic N) is 2. The van der Waals surface area contributed by atoms with Crippen LogP contribution >= 0.6 is 0 Å². The molecule has 2 heterocycles. The van der Waals surface area contributed by atoms with Crippen molar-refractivity contribution in [2.24, 2.45) is 0 Å². The van der Waals surface area contributed by atoms with Crippen molar-refractivity contribution < 1.29 is 13.2 Å². The minimum Gasteiger partial charge on any atom is -0.338 e. The van der Waals surface area contributed by atoms with Crippen LogP contribution in [0.15, 0.2) is 66.7 Å². The fourth-order valence-electron chi connectivity index (χ4n) is 4.39. The van der Waals surface area contributed by atoms with Gasteiger partial charge in [-0.2, -0.15) is 13.2 Å². The summed E-state index contributed by atoms with van der Waals surface area (Å²) in [5.74, 6) is 0.548. The summed E-state index contributed by atoms with van der Waals surface area (Å²) in [5, 5.41) is 6.89. The third-order valence-electron chi connectivity index (χ3n) is 6.38. The van der Waals surface area contributed by atoms with Gasteiger partial charge in [0.25, 0.3) is 0 Å². The van der Waals surface area contributed by atoms with Crippen molar-refractivity contribution in [3.05, 3.63) is 77.9 Å². The fraction of sp³-hybridized carbons (Fsp3) is 0.296. The Labute approximate surface area is 202 Å². The average Bonchev–Trinajstić information content (AvgIpc) is 3.31. The molecular weight excluding hydrogens is 451 g/mol. The van der Waals surface area contributed by atoms with Crippen molar-refractivity contribution in [2.75, 3.05) is 39.3 Å². The van der Waals surface area contributed by atoms with E-state index in [2.05, 4.69) is 49.8 Å². The maximum absolute atomic E-state index is 13.0. The second-order valence-electron chi connectivity index (χ2n) is 8.86. The lowest BCUT2D eigenvalue weighted by Gasteiger charge is -2.27. The van der Waals surface area contributed by atoms with Crippen molar-refractivity contribution in [2.45, 2.75) is 12.7 Å². The van der Waals surface area contributed by atoms with Gasteiger partial charge in [0.1, 0.15) is 5.82 Å². The Morgan fingerprint density at radius 3 is 2.43 bits per heavy atom. The summed E-state index contributed by atoms with van der Waals surface area (Å²) in [6.45, 7) is 7.20. The molecule has 1 aliphatic heterocycles.